The van der Waals surface area contributed by atoms with Gasteiger partial charge in [-0.05, 0) is 43.9 Å². The van der Waals surface area contributed by atoms with Gasteiger partial charge in [0.25, 0.3) is 0 Å². The predicted octanol–water partition coefficient (Wildman–Crippen LogP) is 4.83. The van der Waals surface area contributed by atoms with Gasteiger partial charge in [0.15, 0.2) is 0 Å². The van der Waals surface area contributed by atoms with Crippen molar-refractivity contribution in [1.82, 2.24) is 9.55 Å². The highest BCUT2D eigenvalue weighted by Crippen LogP contribution is 2.37. The number of nitrogens with zero attached hydrogens (tertiary/aromatic N) is 3. The summed E-state index contributed by atoms with van der Waals surface area (Å²) in [7, 11) is 3.52. The molecule has 2 heterocycles. The van der Waals surface area contributed by atoms with E-state index in [9.17, 15) is 4.79 Å². The van der Waals surface area contributed by atoms with Crippen molar-refractivity contribution < 1.29 is 9.53 Å². The number of rotatable bonds is 3. The van der Waals surface area contributed by atoms with Crippen molar-refractivity contribution in [2.75, 3.05) is 12.0 Å². The molecule has 0 spiro atoms. The molecule has 0 radical (unpaired) electrons. The van der Waals surface area contributed by atoms with Gasteiger partial charge >= 0.3 is 6.09 Å². The Hall–Kier alpha value is -2.82. The quantitative estimate of drug-likeness (QED) is 0.657. The van der Waals surface area contributed by atoms with Crippen molar-refractivity contribution in [2.45, 2.75) is 45.1 Å². The van der Waals surface area contributed by atoms with Crippen molar-refractivity contribution in [3.8, 4) is 0 Å². The topological polar surface area (TPSA) is 47.4 Å². The summed E-state index contributed by atoms with van der Waals surface area (Å²) in [5.41, 5.74) is 5.52. The number of hydrogen-bond acceptors (Lipinski definition) is 3. The molecule has 28 heavy (non-hydrogen) atoms. The van der Waals surface area contributed by atoms with Crippen LogP contribution in [0.25, 0.3) is 11.0 Å². The number of methoxy groups -OCH3 is 1. The van der Waals surface area contributed by atoms with Crippen LogP contribution in [0.3, 0.4) is 0 Å². The molecule has 1 aliphatic rings. The summed E-state index contributed by atoms with van der Waals surface area (Å²) in [6.45, 7) is 4.29. The number of aromatic nitrogens is 2. The Morgan fingerprint density at radius 2 is 2.00 bits per heavy atom. The average molecular weight is 377 g/mol. The van der Waals surface area contributed by atoms with E-state index in [1.807, 2.05) is 12.1 Å². The van der Waals surface area contributed by atoms with Crippen molar-refractivity contribution in [1.29, 1.82) is 0 Å². The number of imidazole rings is 1. The van der Waals surface area contributed by atoms with Crippen molar-refractivity contribution in [3.05, 3.63) is 59.4 Å². The van der Waals surface area contributed by atoms with Crippen LogP contribution < -0.4 is 4.90 Å². The van der Waals surface area contributed by atoms with Gasteiger partial charge in [0, 0.05) is 24.6 Å². The largest absolute Gasteiger partial charge is 0.452 e. The lowest BCUT2D eigenvalue weighted by Gasteiger charge is -2.34. The summed E-state index contributed by atoms with van der Waals surface area (Å²) in [6, 6.07) is 14.8. The van der Waals surface area contributed by atoms with E-state index in [0.29, 0.717) is 5.92 Å². The van der Waals surface area contributed by atoms with E-state index < -0.39 is 0 Å². The Morgan fingerprint density at radius 3 is 2.71 bits per heavy atom. The Kier molecular flexibility index (Phi) is 4.84. The molecule has 2 aromatic carbocycles. The Morgan fingerprint density at radius 1 is 1.25 bits per heavy atom. The van der Waals surface area contributed by atoms with Gasteiger partial charge in [0.05, 0.1) is 23.8 Å². The summed E-state index contributed by atoms with van der Waals surface area (Å²) in [5, 5.41) is 0. The maximum atomic E-state index is 12.3. The van der Waals surface area contributed by atoms with E-state index in [1.54, 1.807) is 4.90 Å². The third kappa shape index (κ3) is 3.05. The number of anilines is 1. The molecule has 5 nitrogen and oxygen atoms in total. The third-order valence-electron chi connectivity index (χ3n) is 5.88. The first-order chi connectivity index (χ1) is 13.5. The number of aryl methyl sites for hydroxylation is 2. The van der Waals surface area contributed by atoms with Crippen LogP contribution in [0, 0.1) is 0 Å². The Bertz CT molecular complexity index is 1010. The second-order valence-corrected chi connectivity index (χ2v) is 7.78. The van der Waals surface area contributed by atoms with Crippen molar-refractivity contribution in [3.63, 3.8) is 0 Å². The monoisotopic (exact) mass is 377 g/mol. The van der Waals surface area contributed by atoms with Crippen molar-refractivity contribution >= 4 is 22.8 Å². The normalized spacial score (nSPS) is 17.4. The summed E-state index contributed by atoms with van der Waals surface area (Å²) in [4.78, 5) is 19.2. The standard InChI is InChI=1S/C23H27N3O2/c1-15(14-17-8-6-5-7-9-17)22-24-21-18-11-10-16(2)26(23(27)28-4)19(18)12-13-20(21)25(22)3/h5-9,12-13,15-16H,10-11,14H2,1-4H3/t15-,16+/m1/s1. The first-order valence-electron chi connectivity index (χ1n) is 9.90. The van der Waals surface area contributed by atoms with E-state index >= 15 is 0 Å². The molecule has 5 heteroatoms. The molecule has 2 atom stereocenters. The van der Waals surface area contributed by atoms with Crippen LogP contribution in [0.1, 0.15) is 43.1 Å². The lowest BCUT2D eigenvalue weighted by molar-refractivity contribution is 0.175. The average Bonchev–Trinajstić information content (AvgIpc) is 3.05. The summed E-state index contributed by atoms with van der Waals surface area (Å²) in [5.74, 6) is 1.38. The Balaban J connectivity index is 1.76. The lowest BCUT2D eigenvalue weighted by atomic mass is 9.96. The molecule has 4 rings (SSSR count). The maximum absolute atomic E-state index is 12.3. The molecule has 146 valence electrons. The fourth-order valence-corrected chi connectivity index (χ4v) is 4.39. The number of hydrogen-bond donors (Lipinski definition) is 0. The zero-order chi connectivity index (χ0) is 19.8. The predicted molar refractivity (Wildman–Crippen MR) is 112 cm³/mol. The SMILES string of the molecule is COC(=O)N1c2ccc3c(nc([C@H](C)Cc4ccccc4)n3C)c2CC[C@@H]1C. The fourth-order valence-electron chi connectivity index (χ4n) is 4.39. The van der Waals surface area contributed by atoms with E-state index in [1.165, 1.54) is 12.7 Å². The van der Waals surface area contributed by atoms with Crippen LogP contribution in [0.5, 0.6) is 0 Å². The molecule has 0 fully saturated rings. The highest BCUT2D eigenvalue weighted by molar-refractivity contribution is 5.95. The summed E-state index contributed by atoms with van der Waals surface area (Å²) >= 11 is 0. The number of amides is 1. The number of carbonyl (C=O) groups is 1. The summed E-state index contributed by atoms with van der Waals surface area (Å²) < 4.78 is 7.22. The molecule has 0 unspecified atom stereocenters. The highest BCUT2D eigenvalue weighted by atomic mass is 16.5. The van der Waals surface area contributed by atoms with Crippen LogP contribution >= 0.6 is 0 Å². The van der Waals surface area contributed by atoms with Crippen LogP contribution in [0.15, 0.2) is 42.5 Å². The maximum Gasteiger partial charge on any atom is 0.414 e. The highest BCUT2D eigenvalue weighted by Gasteiger charge is 2.31. The first-order valence-corrected chi connectivity index (χ1v) is 9.90. The van der Waals surface area contributed by atoms with Gasteiger partial charge in [-0.1, -0.05) is 37.3 Å². The summed E-state index contributed by atoms with van der Waals surface area (Å²) in [6.07, 6.45) is 2.48. The molecule has 1 aliphatic heterocycles. The number of carbonyl (C=O) groups excluding carboxylic acids is 1. The van der Waals surface area contributed by atoms with E-state index in [-0.39, 0.29) is 12.1 Å². The molecule has 1 aromatic heterocycles. The molecule has 0 saturated carbocycles. The number of fused-ring (bicyclic) bond motifs is 3. The van der Waals surface area contributed by atoms with Gasteiger partial charge in [-0.2, -0.15) is 0 Å². The molecule has 0 aliphatic carbocycles. The minimum absolute atomic E-state index is 0.123. The molecule has 1 amide bonds. The molecule has 0 bridgehead atoms. The second-order valence-electron chi connectivity index (χ2n) is 7.78. The molecular weight excluding hydrogens is 350 g/mol. The number of ether oxygens (including phenoxy) is 1. The molecular formula is C23H27N3O2. The molecule has 0 saturated heterocycles. The zero-order valence-corrected chi connectivity index (χ0v) is 17.0. The molecule has 3 aromatic rings. The number of benzene rings is 2. The zero-order valence-electron chi connectivity index (χ0n) is 17.0. The van der Waals surface area contributed by atoms with Crippen LogP contribution in [-0.4, -0.2) is 28.8 Å². The van der Waals surface area contributed by atoms with Gasteiger partial charge in [-0.3, -0.25) is 4.90 Å². The van der Waals surface area contributed by atoms with Crippen LogP contribution in [-0.2, 0) is 24.6 Å². The van der Waals surface area contributed by atoms with Gasteiger partial charge < -0.3 is 9.30 Å². The fraction of sp³-hybridized carbons (Fsp3) is 0.391. The van der Waals surface area contributed by atoms with E-state index in [0.717, 1.165) is 47.4 Å². The van der Waals surface area contributed by atoms with Crippen LogP contribution in [0.2, 0.25) is 0 Å². The minimum atomic E-state index is -0.304. The first kappa shape index (κ1) is 18.5. The van der Waals surface area contributed by atoms with E-state index in [2.05, 4.69) is 55.8 Å². The Labute approximate surface area is 165 Å². The van der Waals surface area contributed by atoms with Gasteiger partial charge in [0.1, 0.15) is 5.82 Å². The van der Waals surface area contributed by atoms with Gasteiger partial charge in [0.2, 0.25) is 0 Å². The smallest absolute Gasteiger partial charge is 0.414 e. The lowest BCUT2D eigenvalue weighted by Crippen LogP contribution is -2.42. The van der Waals surface area contributed by atoms with E-state index in [4.69, 9.17) is 9.72 Å². The van der Waals surface area contributed by atoms with Gasteiger partial charge in [-0.25, -0.2) is 9.78 Å². The molecule has 0 N–H and O–H groups in total. The van der Waals surface area contributed by atoms with Gasteiger partial charge in [-0.15, -0.1) is 0 Å². The third-order valence-corrected chi connectivity index (χ3v) is 5.88. The minimum Gasteiger partial charge on any atom is -0.452 e. The van der Waals surface area contributed by atoms with Crippen molar-refractivity contribution in [2.24, 2.45) is 7.05 Å². The van der Waals surface area contributed by atoms with Crippen LogP contribution in [0.4, 0.5) is 10.5 Å². The second kappa shape index (κ2) is 7.30.